The second-order valence-electron chi connectivity index (χ2n) is 8.21. The first kappa shape index (κ1) is 18.9. The largest absolute Gasteiger partial charge is 0.481 e. The number of carboxylic acid groups (broad SMARTS) is 1. The molecule has 1 N–H and O–H groups in total. The van der Waals surface area contributed by atoms with Crippen molar-refractivity contribution in [2.75, 3.05) is 0 Å². The number of aliphatic carboxylic acids is 1. The molecule has 5 rings (SSSR count). The minimum atomic E-state index is -1.21. The van der Waals surface area contributed by atoms with Gasteiger partial charge in [-0.05, 0) is 48.2 Å². The van der Waals surface area contributed by atoms with Gasteiger partial charge in [0.25, 0.3) is 0 Å². The number of carbonyl (C=O) groups is 1. The predicted octanol–water partition coefficient (Wildman–Crippen LogP) is 6.07. The van der Waals surface area contributed by atoms with E-state index in [-0.39, 0.29) is 6.54 Å². The Morgan fingerprint density at radius 1 is 1.21 bits per heavy atom. The van der Waals surface area contributed by atoms with Gasteiger partial charge in [0.05, 0.1) is 21.1 Å². The number of fused-ring (bicyclic) bond motifs is 5. The average Bonchev–Trinajstić information content (AvgIpc) is 3.30. The number of hydrogen-bond acceptors (Lipinski definition) is 2. The molecule has 29 heavy (non-hydrogen) atoms. The number of halogens is 3. The van der Waals surface area contributed by atoms with Gasteiger partial charge in [-0.15, -0.1) is 0 Å². The van der Waals surface area contributed by atoms with Crippen LogP contribution < -0.4 is 0 Å². The van der Waals surface area contributed by atoms with Crippen molar-refractivity contribution in [2.45, 2.75) is 44.1 Å². The molecule has 150 valence electrons. The van der Waals surface area contributed by atoms with Crippen LogP contribution >= 0.6 is 23.2 Å². The van der Waals surface area contributed by atoms with Crippen LogP contribution in [0.3, 0.4) is 0 Å². The minimum Gasteiger partial charge on any atom is -0.481 e. The molecule has 1 atom stereocenters. The first-order chi connectivity index (χ1) is 13.9. The van der Waals surface area contributed by atoms with E-state index in [9.17, 15) is 14.3 Å². The van der Waals surface area contributed by atoms with Crippen LogP contribution in [0.4, 0.5) is 4.39 Å². The summed E-state index contributed by atoms with van der Waals surface area (Å²) < 4.78 is 16.1. The second-order valence-corrected chi connectivity index (χ2v) is 9.02. The van der Waals surface area contributed by atoms with E-state index in [1.807, 2.05) is 4.57 Å². The third-order valence-corrected chi connectivity index (χ3v) is 7.20. The monoisotopic (exact) mass is 432 g/mol. The molecule has 0 bridgehead atoms. The van der Waals surface area contributed by atoms with Gasteiger partial charge in [0, 0.05) is 12.1 Å². The smallest absolute Gasteiger partial charge is 0.316 e. The van der Waals surface area contributed by atoms with Crippen LogP contribution in [0.25, 0.3) is 22.4 Å². The molecule has 7 heteroatoms. The Morgan fingerprint density at radius 2 is 1.93 bits per heavy atom. The Bertz CT molecular complexity index is 1150. The molecular weight excluding hydrogens is 414 g/mol. The second kappa shape index (κ2) is 6.71. The number of aromatic nitrogens is 2. The molecule has 1 aliphatic heterocycles. The molecule has 2 heterocycles. The summed E-state index contributed by atoms with van der Waals surface area (Å²) in [5.41, 5.74) is 1.34. The van der Waals surface area contributed by atoms with Gasteiger partial charge in [0.15, 0.2) is 0 Å². The Hall–Kier alpha value is -2.11. The summed E-state index contributed by atoms with van der Waals surface area (Å²) in [5, 5.41) is 11.2. The summed E-state index contributed by atoms with van der Waals surface area (Å²) in [4.78, 5) is 17.4. The zero-order valence-corrected chi connectivity index (χ0v) is 17.1. The maximum atomic E-state index is 14.2. The van der Waals surface area contributed by atoms with E-state index < -0.39 is 17.2 Å². The normalized spacial score (nSPS) is 21.3. The van der Waals surface area contributed by atoms with Gasteiger partial charge in [-0.3, -0.25) is 4.79 Å². The average molecular weight is 433 g/mol. The molecule has 1 aromatic heterocycles. The van der Waals surface area contributed by atoms with Gasteiger partial charge in [0.2, 0.25) is 0 Å². The van der Waals surface area contributed by atoms with E-state index in [4.69, 9.17) is 23.2 Å². The van der Waals surface area contributed by atoms with Crippen molar-refractivity contribution in [1.29, 1.82) is 0 Å². The van der Waals surface area contributed by atoms with Gasteiger partial charge in [-0.25, -0.2) is 9.37 Å². The Morgan fingerprint density at radius 3 is 2.66 bits per heavy atom. The highest BCUT2D eigenvalue weighted by Crippen LogP contribution is 2.48. The van der Waals surface area contributed by atoms with Crippen molar-refractivity contribution in [1.82, 2.24) is 9.55 Å². The van der Waals surface area contributed by atoms with Crippen LogP contribution in [-0.4, -0.2) is 20.6 Å². The molecule has 1 saturated carbocycles. The van der Waals surface area contributed by atoms with Crippen molar-refractivity contribution in [3.63, 3.8) is 0 Å². The summed E-state index contributed by atoms with van der Waals surface area (Å²) >= 11 is 12.4. The molecule has 1 aliphatic carbocycles. The minimum absolute atomic E-state index is 0.194. The van der Waals surface area contributed by atoms with Crippen molar-refractivity contribution in [3.8, 4) is 11.4 Å². The number of nitrogens with zero attached hydrogens (tertiary/aromatic N) is 2. The van der Waals surface area contributed by atoms with Gasteiger partial charge in [-0.2, -0.15) is 0 Å². The fourth-order valence-electron chi connectivity index (χ4n) is 5.10. The Kier molecular flexibility index (Phi) is 4.37. The first-order valence-corrected chi connectivity index (χ1v) is 10.5. The zero-order valence-electron chi connectivity index (χ0n) is 15.6. The van der Waals surface area contributed by atoms with Crippen molar-refractivity contribution in [3.05, 3.63) is 51.8 Å². The quantitative estimate of drug-likeness (QED) is 0.546. The highest BCUT2D eigenvalue weighted by Gasteiger charge is 2.48. The summed E-state index contributed by atoms with van der Waals surface area (Å²) in [6, 6.07) is 7.79. The van der Waals surface area contributed by atoms with Gasteiger partial charge in [-0.1, -0.05) is 48.9 Å². The number of rotatable bonds is 3. The molecule has 0 radical (unpaired) electrons. The van der Waals surface area contributed by atoms with Crippen LogP contribution in [0, 0.1) is 11.7 Å². The van der Waals surface area contributed by atoms with Crippen LogP contribution in [0.1, 0.15) is 37.7 Å². The number of benzene rings is 2. The van der Waals surface area contributed by atoms with Crippen LogP contribution in [0.15, 0.2) is 30.3 Å². The van der Waals surface area contributed by atoms with Crippen LogP contribution in [-0.2, 0) is 16.8 Å². The van der Waals surface area contributed by atoms with Crippen molar-refractivity contribution in [2.24, 2.45) is 5.92 Å². The summed E-state index contributed by atoms with van der Waals surface area (Å²) in [5.74, 6) is -0.423. The van der Waals surface area contributed by atoms with Gasteiger partial charge < -0.3 is 9.67 Å². The fraction of sp³-hybridized carbons (Fsp3) is 0.364. The van der Waals surface area contributed by atoms with E-state index in [0.29, 0.717) is 44.9 Å². The molecule has 0 amide bonds. The lowest BCUT2D eigenvalue weighted by molar-refractivity contribution is -0.145. The molecule has 1 unspecified atom stereocenters. The maximum absolute atomic E-state index is 14.2. The lowest BCUT2D eigenvalue weighted by Gasteiger charge is -2.38. The SMILES string of the molecule is O=C(O)C1(CC2CCCC2)Cn2c(nc3cc(Cl)c(Cl)cc32)-c2ccc(F)cc21. The third-order valence-electron chi connectivity index (χ3n) is 6.48. The third kappa shape index (κ3) is 2.86. The number of carboxylic acids is 1. The highest BCUT2D eigenvalue weighted by atomic mass is 35.5. The molecule has 2 aliphatic rings. The molecular formula is C22H19Cl2FN2O2. The van der Waals surface area contributed by atoms with Gasteiger partial charge >= 0.3 is 5.97 Å². The van der Waals surface area contributed by atoms with Crippen molar-refractivity contribution < 1.29 is 14.3 Å². The van der Waals surface area contributed by atoms with Crippen LogP contribution in [0.5, 0.6) is 0 Å². The van der Waals surface area contributed by atoms with E-state index >= 15 is 0 Å². The van der Waals surface area contributed by atoms with E-state index in [1.165, 1.54) is 12.1 Å². The fourth-order valence-corrected chi connectivity index (χ4v) is 5.42. The standard InChI is InChI=1S/C22H19Cl2FN2O2/c23-16-8-18-19(9-17(16)24)27-11-22(21(28)29,10-12-3-1-2-4-12)15-7-13(25)5-6-14(15)20(27)26-18/h5-9,12H,1-4,10-11H2,(H,28,29). The summed E-state index contributed by atoms with van der Waals surface area (Å²) in [6.07, 6.45) is 4.74. The first-order valence-electron chi connectivity index (χ1n) is 9.78. The van der Waals surface area contributed by atoms with Crippen LogP contribution in [0.2, 0.25) is 10.0 Å². The number of imidazole rings is 1. The lowest BCUT2D eigenvalue weighted by atomic mass is 9.70. The molecule has 2 aromatic carbocycles. The number of hydrogen-bond donors (Lipinski definition) is 1. The van der Waals surface area contributed by atoms with E-state index in [1.54, 1.807) is 18.2 Å². The maximum Gasteiger partial charge on any atom is 0.316 e. The Balaban J connectivity index is 1.78. The molecule has 3 aromatic rings. The highest BCUT2D eigenvalue weighted by molar-refractivity contribution is 6.42. The van der Waals surface area contributed by atoms with Crippen molar-refractivity contribution >= 4 is 40.2 Å². The molecule has 0 saturated heterocycles. The lowest BCUT2D eigenvalue weighted by Crippen LogP contribution is -2.44. The summed E-state index contributed by atoms with van der Waals surface area (Å²) in [7, 11) is 0. The molecule has 1 fully saturated rings. The predicted molar refractivity (Wildman–Crippen MR) is 111 cm³/mol. The van der Waals surface area contributed by atoms with Gasteiger partial charge in [0.1, 0.15) is 17.1 Å². The molecule has 4 nitrogen and oxygen atoms in total. The Labute approximate surface area is 177 Å². The zero-order chi connectivity index (χ0) is 20.3. The van der Waals surface area contributed by atoms with E-state index in [0.717, 1.165) is 31.2 Å². The van der Waals surface area contributed by atoms with E-state index in [2.05, 4.69) is 4.98 Å². The molecule has 0 spiro atoms. The topological polar surface area (TPSA) is 55.1 Å². The summed E-state index contributed by atoms with van der Waals surface area (Å²) in [6.45, 7) is 0.194.